The molecule has 7 nitrogen and oxygen atoms in total. The maximum Gasteiger partial charge on any atom is 0.338 e. The highest BCUT2D eigenvalue weighted by atomic mass is 16.6. The molecule has 1 unspecified atom stereocenters. The summed E-state index contributed by atoms with van der Waals surface area (Å²) < 4.78 is 12.7. The Morgan fingerprint density at radius 3 is 2.80 bits per heavy atom. The first kappa shape index (κ1) is 17.2. The average Bonchev–Trinajstić information content (AvgIpc) is 2.99. The molecule has 1 aromatic heterocycles. The molecule has 0 amide bonds. The van der Waals surface area contributed by atoms with E-state index in [0.717, 1.165) is 0 Å². The van der Waals surface area contributed by atoms with Crippen molar-refractivity contribution >= 4 is 5.97 Å². The molecule has 1 fully saturated rings. The fourth-order valence-corrected chi connectivity index (χ4v) is 2.85. The Hall–Kier alpha value is -2.67. The third kappa shape index (κ3) is 3.71. The Balaban J connectivity index is 1.67. The fraction of sp³-hybridized carbons (Fsp3) is 0.389. The quantitative estimate of drug-likeness (QED) is 0.854. The molecule has 1 aromatic carbocycles. The monoisotopic (exact) mass is 344 g/mol. The van der Waals surface area contributed by atoms with Crippen LogP contribution in [0.5, 0.6) is 0 Å². The van der Waals surface area contributed by atoms with Gasteiger partial charge in [0.2, 0.25) is 0 Å². The van der Waals surface area contributed by atoms with Crippen molar-refractivity contribution in [3.63, 3.8) is 0 Å². The summed E-state index contributed by atoms with van der Waals surface area (Å²) >= 11 is 0. The molecule has 2 aromatic rings. The average molecular weight is 344 g/mol. The van der Waals surface area contributed by atoms with Crippen LogP contribution in [-0.4, -0.2) is 27.7 Å². The van der Waals surface area contributed by atoms with E-state index in [9.17, 15) is 14.4 Å². The lowest BCUT2D eigenvalue weighted by molar-refractivity contribution is -0.0924. The second kappa shape index (κ2) is 6.68. The van der Waals surface area contributed by atoms with Crippen LogP contribution >= 0.6 is 0 Å². The number of ether oxygens (including phenoxy) is 2. The number of H-pyrrole nitrogens is 1. The summed E-state index contributed by atoms with van der Waals surface area (Å²) in [5.74, 6) is -0.411. The minimum atomic E-state index is -0.682. The standard InChI is InChI=1S/C18H20N2O5/c1-12-10-20(17(23)19-15(12)21)14-8-9-18(2,25-14)11-24-16(22)13-6-4-3-5-7-13/h3-7,10,14H,8-9,11H2,1-2H3,(H,19,21,23)/t14?,18-/m0/s1. The van der Waals surface area contributed by atoms with Crippen LogP contribution in [-0.2, 0) is 9.47 Å². The van der Waals surface area contributed by atoms with Crippen LogP contribution in [0.1, 0.15) is 41.9 Å². The van der Waals surface area contributed by atoms with E-state index in [2.05, 4.69) is 4.98 Å². The lowest BCUT2D eigenvalue weighted by atomic mass is 10.0. The topological polar surface area (TPSA) is 90.4 Å². The predicted octanol–water partition coefficient (Wildman–Crippen LogP) is 1.77. The molecule has 1 saturated heterocycles. The van der Waals surface area contributed by atoms with Gasteiger partial charge in [0.05, 0.1) is 5.56 Å². The third-order valence-corrected chi connectivity index (χ3v) is 4.31. The predicted molar refractivity (Wildman–Crippen MR) is 90.5 cm³/mol. The molecule has 3 rings (SSSR count). The zero-order valence-electron chi connectivity index (χ0n) is 14.2. The van der Waals surface area contributed by atoms with E-state index in [-0.39, 0.29) is 6.61 Å². The Morgan fingerprint density at radius 2 is 2.08 bits per heavy atom. The van der Waals surface area contributed by atoms with E-state index in [1.807, 2.05) is 13.0 Å². The van der Waals surface area contributed by atoms with Gasteiger partial charge in [-0.3, -0.25) is 14.3 Å². The number of carbonyl (C=O) groups is 1. The van der Waals surface area contributed by atoms with Gasteiger partial charge < -0.3 is 9.47 Å². The van der Waals surface area contributed by atoms with E-state index in [1.165, 1.54) is 10.8 Å². The van der Waals surface area contributed by atoms with Crippen molar-refractivity contribution in [2.45, 2.75) is 38.5 Å². The fourth-order valence-electron chi connectivity index (χ4n) is 2.85. The molecule has 0 aliphatic carbocycles. The largest absolute Gasteiger partial charge is 0.459 e. The van der Waals surface area contributed by atoms with Gasteiger partial charge >= 0.3 is 11.7 Å². The lowest BCUT2D eigenvalue weighted by Gasteiger charge is -2.25. The summed E-state index contributed by atoms with van der Waals surface area (Å²) in [5.41, 5.74) is -0.677. The zero-order valence-corrected chi connectivity index (χ0v) is 14.2. The number of benzene rings is 1. The Labute approximate surface area is 144 Å². The van der Waals surface area contributed by atoms with E-state index >= 15 is 0 Å². The van der Waals surface area contributed by atoms with Gasteiger partial charge in [-0.15, -0.1) is 0 Å². The van der Waals surface area contributed by atoms with Crippen molar-refractivity contribution in [2.75, 3.05) is 6.61 Å². The molecule has 1 aliphatic heterocycles. The normalized spacial score (nSPS) is 22.7. The van der Waals surface area contributed by atoms with Gasteiger partial charge in [0.25, 0.3) is 5.56 Å². The molecule has 1 aliphatic rings. The van der Waals surface area contributed by atoms with Crippen LogP contribution < -0.4 is 11.2 Å². The number of hydrogen-bond acceptors (Lipinski definition) is 5. The van der Waals surface area contributed by atoms with E-state index in [1.54, 1.807) is 31.2 Å². The zero-order chi connectivity index (χ0) is 18.0. The molecule has 0 saturated carbocycles. The van der Waals surface area contributed by atoms with Crippen LogP contribution in [0, 0.1) is 6.92 Å². The number of esters is 1. The van der Waals surface area contributed by atoms with Crippen LogP contribution in [0.15, 0.2) is 46.1 Å². The molecular formula is C18H20N2O5. The van der Waals surface area contributed by atoms with Gasteiger partial charge in [0.1, 0.15) is 18.4 Å². The highest BCUT2D eigenvalue weighted by Gasteiger charge is 2.38. The summed E-state index contributed by atoms with van der Waals surface area (Å²) in [7, 11) is 0. The maximum atomic E-state index is 12.1. The minimum Gasteiger partial charge on any atom is -0.459 e. The van der Waals surface area contributed by atoms with Gasteiger partial charge in [-0.05, 0) is 38.8 Å². The summed E-state index contributed by atoms with van der Waals surface area (Å²) in [4.78, 5) is 37.8. The van der Waals surface area contributed by atoms with Crippen LogP contribution in [0.25, 0.3) is 0 Å². The maximum absolute atomic E-state index is 12.1. The van der Waals surface area contributed by atoms with Crippen molar-refractivity contribution in [3.05, 3.63) is 68.5 Å². The molecule has 25 heavy (non-hydrogen) atoms. The SMILES string of the molecule is Cc1cn(C2CC[C@@](C)(COC(=O)c3ccccc3)O2)c(=O)[nH]c1=O. The molecule has 1 N–H and O–H groups in total. The lowest BCUT2D eigenvalue weighted by Crippen LogP contribution is -2.36. The van der Waals surface area contributed by atoms with Gasteiger partial charge in [0.15, 0.2) is 0 Å². The van der Waals surface area contributed by atoms with Crippen molar-refractivity contribution in [2.24, 2.45) is 0 Å². The molecule has 132 valence electrons. The molecule has 0 spiro atoms. The van der Waals surface area contributed by atoms with Crippen molar-refractivity contribution in [1.29, 1.82) is 0 Å². The second-order valence-corrected chi connectivity index (χ2v) is 6.48. The van der Waals surface area contributed by atoms with Crippen molar-refractivity contribution < 1.29 is 14.3 Å². The second-order valence-electron chi connectivity index (χ2n) is 6.48. The van der Waals surface area contributed by atoms with Crippen molar-refractivity contribution in [3.8, 4) is 0 Å². The van der Waals surface area contributed by atoms with Gasteiger partial charge in [-0.2, -0.15) is 0 Å². The number of carbonyl (C=O) groups excluding carboxylic acids is 1. The highest BCUT2D eigenvalue weighted by molar-refractivity contribution is 5.89. The van der Waals surface area contributed by atoms with Gasteiger partial charge in [0, 0.05) is 11.8 Å². The summed E-state index contributed by atoms with van der Waals surface area (Å²) in [6, 6.07) is 8.74. The highest BCUT2D eigenvalue weighted by Crippen LogP contribution is 2.35. The van der Waals surface area contributed by atoms with Crippen LogP contribution in [0.3, 0.4) is 0 Å². The van der Waals surface area contributed by atoms with Gasteiger partial charge in [-0.25, -0.2) is 9.59 Å². The minimum absolute atomic E-state index is 0.0916. The number of aryl methyl sites for hydroxylation is 1. The van der Waals surface area contributed by atoms with E-state index < -0.39 is 29.0 Å². The Bertz CT molecular complexity index is 886. The third-order valence-electron chi connectivity index (χ3n) is 4.31. The molecule has 0 radical (unpaired) electrons. The first-order chi connectivity index (χ1) is 11.9. The van der Waals surface area contributed by atoms with E-state index in [4.69, 9.17) is 9.47 Å². The molecule has 2 atom stereocenters. The first-order valence-electron chi connectivity index (χ1n) is 8.10. The number of rotatable bonds is 4. The van der Waals surface area contributed by atoms with Crippen LogP contribution in [0.4, 0.5) is 0 Å². The molecule has 2 heterocycles. The number of aromatic nitrogens is 2. The number of nitrogens with one attached hydrogen (secondary N) is 1. The van der Waals surface area contributed by atoms with Crippen LogP contribution in [0.2, 0.25) is 0 Å². The Kier molecular flexibility index (Phi) is 4.59. The molecule has 7 heteroatoms. The summed E-state index contributed by atoms with van der Waals surface area (Å²) in [6.45, 7) is 3.56. The van der Waals surface area contributed by atoms with Crippen molar-refractivity contribution in [1.82, 2.24) is 9.55 Å². The molecule has 0 bridgehead atoms. The summed E-state index contributed by atoms with van der Waals surface area (Å²) in [6.07, 6.45) is 2.21. The van der Waals surface area contributed by atoms with E-state index in [0.29, 0.717) is 24.0 Å². The summed E-state index contributed by atoms with van der Waals surface area (Å²) in [5, 5.41) is 0. The first-order valence-corrected chi connectivity index (χ1v) is 8.10. The molecular weight excluding hydrogens is 324 g/mol. The van der Waals surface area contributed by atoms with Gasteiger partial charge in [-0.1, -0.05) is 18.2 Å². The smallest absolute Gasteiger partial charge is 0.338 e. The number of nitrogens with zero attached hydrogens (tertiary/aromatic N) is 1. The Morgan fingerprint density at radius 1 is 1.36 bits per heavy atom. The number of hydrogen-bond donors (Lipinski definition) is 1. The number of aromatic amines is 1.